The molecular formula is C25H26N2. The second kappa shape index (κ2) is 7.32. The SMILES string of the molecule is C=C(C(C(C)=N)=C(C)C)c1ccc2nc(C)c(-c3ccccc3)c(C)c2c1. The molecule has 3 aromatic rings. The zero-order chi connectivity index (χ0) is 19.7. The van der Waals surface area contributed by atoms with E-state index in [0.717, 1.165) is 38.9 Å². The Morgan fingerprint density at radius 1 is 0.963 bits per heavy atom. The van der Waals surface area contributed by atoms with Crippen LogP contribution in [0.25, 0.3) is 27.6 Å². The number of nitrogens with one attached hydrogen (secondary N) is 1. The average Bonchev–Trinajstić information content (AvgIpc) is 2.61. The zero-order valence-corrected chi connectivity index (χ0v) is 16.8. The number of hydrogen-bond acceptors (Lipinski definition) is 2. The highest BCUT2D eigenvalue weighted by atomic mass is 14.7. The number of fused-ring (bicyclic) bond motifs is 1. The van der Waals surface area contributed by atoms with E-state index >= 15 is 0 Å². The molecule has 1 heterocycles. The largest absolute Gasteiger partial charge is 0.305 e. The van der Waals surface area contributed by atoms with Crippen LogP contribution in [0.3, 0.4) is 0 Å². The first-order valence-electron chi connectivity index (χ1n) is 9.20. The third-order valence-corrected chi connectivity index (χ3v) is 5.01. The summed E-state index contributed by atoms with van der Waals surface area (Å²) in [5, 5.41) is 9.24. The first-order chi connectivity index (χ1) is 12.8. The van der Waals surface area contributed by atoms with Gasteiger partial charge in [-0.05, 0) is 69.0 Å². The Labute approximate surface area is 161 Å². The fraction of sp³-hybridized carbons (Fsp3) is 0.200. The topological polar surface area (TPSA) is 36.7 Å². The summed E-state index contributed by atoms with van der Waals surface area (Å²) >= 11 is 0. The van der Waals surface area contributed by atoms with Gasteiger partial charge in [-0.3, -0.25) is 4.98 Å². The van der Waals surface area contributed by atoms with Gasteiger partial charge in [-0.25, -0.2) is 0 Å². The molecule has 2 nitrogen and oxygen atoms in total. The lowest BCUT2D eigenvalue weighted by atomic mass is 9.90. The van der Waals surface area contributed by atoms with Crippen LogP contribution in [0.1, 0.15) is 37.6 Å². The first kappa shape index (κ1) is 18.8. The van der Waals surface area contributed by atoms with E-state index < -0.39 is 0 Å². The summed E-state index contributed by atoms with van der Waals surface area (Å²) in [5.74, 6) is 0. The van der Waals surface area contributed by atoms with E-state index in [9.17, 15) is 0 Å². The van der Waals surface area contributed by atoms with Gasteiger partial charge in [-0.15, -0.1) is 0 Å². The van der Waals surface area contributed by atoms with E-state index in [-0.39, 0.29) is 0 Å². The second-order valence-corrected chi connectivity index (χ2v) is 7.27. The van der Waals surface area contributed by atoms with E-state index in [0.29, 0.717) is 5.71 Å². The number of rotatable bonds is 4. The summed E-state index contributed by atoms with van der Waals surface area (Å²) in [5.41, 5.74) is 10.1. The number of nitrogens with zero attached hydrogens (tertiary/aromatic N) is 1. The van der Waals surface area contributed by atoms with Gasteiger partial charge >= 0.3 is 0 Å². The molecule has 0 aliphatic rings. The third-order valence-electron chi connectivity index (χ3n) is 5.01. The number of pyridine rings is 1. The molecule has 0 aliphatic carbocycles. The maximum absolute atomic E-state index is 8.11. The highest BCUT2D eigenvalue weighted by molar-refractivity contribution is 6.11. The summed E-state index contributed by atoms with van der Waals surface area (Å²) in [4.78, 5) is 4.84. The van der Waals surface area contributed by atoms with Crippen molar-refractivity contribution in [3.63, 3.8) is 0 Å². The molecule has 0 fully saturated rings. The zero-order valence-electron chi connectivity index (χ0n) is 16.8. The number of benzene rings is 2. The molecule has 0 spiro atoms. The van der Waals surface area contributed by atoms with Gasteiger partial charge in [0.1, 0.15) is 0 Å². The lowest BCUT2D eigenvalue weighted by molar-refractivity contribution is 1.23. The van der Waals surface area contributed by atoms with Gasteiger partial charge < -0.3 is 5.41 Å². The molecule has 3 rings (SSSR count). The van der Waals surface area contributed by atoms with Crippen LogP contribution in [0.5, 0.6) is 0 Å². The fourth-order valence-electron chi connectivity index (χ4n) is 3.84. The Balaban J connectivity index is 2.22. The Bertz CT molecular complexity index is 1080. The number of aryl methyl sites for hydroxylation is 2. The Morgan fingerprint density at radius 2 is 1.63 bits per heavy atom. The molecule has 136 valence electrons. The van der Waals surface area contributed by atoms with Crippen molar-refractivity contribution in [1.29, 1.82) is 5.41 Å². The van der Waals surface area contributed by atoms with E-state index in [1.807, 2.05) is 26.8 Å². The molecule has 1 aromatic heterocycles. The monoisotopic (exact) mass is 354 g/mol. The van der Waals surface area contributed by atoms with Crippen molar-refractivity contribution in [3.05, 3.63) is 83.1 Å². The predicted octanol–water partition coefficient (Wildman–Crippen LogP) is 6.91. The molecule has 0 radical (unpaired) electrons. The Morgan fingerprint density at radius 3 is 2.22 bits per heavy atom. The quantitative estimate of drug-likeness (QED) is 0.401. The standard InChI is InChI=1S/C25H26N2/c1-15(2)24(18(5)26)16(3)21-12-13-23-22(14-21)17(4)25(19(6)27-23)20-10-8-7-9-11-20/h7-14,26H,3H2,1-2,4-6H3. The van der Waals surface area contributed by atoms with Crippen LogP contribution < -0.4 is 0 Å². The van der Waals surface area contributed by atoms with E-state index in [2.05, 4.69) is 62.9 Å². The smallest absolute Gasteiger partial charge is 0.0708 e. The third kappa shape index (κ3) is 3.48. The molecule has 0 unspecified atom stereocenters. The van der Waals surface area contributed by atoms with Crippen molar-refractivity contribution in [2.45, 2.75) is 34.6 Å². The minimum absolute atomic E-state index is 0.545. The van der Waals surface area contributed by atoms with Crippen molar-refractivity contribution in [2.24, 2.45) is 0 Å². The molecule has 0 saturated carbocycles. The minimum Gasteiger partial charge on any atom is -0.305 e. The summed E-state index contributed by atoms with van der Waals surface area (Å²) in [7, 11) is 0. The van der Waals surface area contributed by atoms with E-state index in [1.54, 1.807) is 0 Å². The molecule has 0 saturated heterocycles. The van der Waals surface area contributed by atoms with Crippen molar-refractivity contribution in [2.75, 3.05) is 0 Å². The molecular weight excluding hydrogens is 328 g/mol. The molecule has 1 N–H and O–H groups in total. The maximum atomic E-state index is 8.11. The summed E-state index contributed by atoms with van der Waals surface area (Å²) in [6, 6.07) is 16.7. The maximum Gasteiger partial charge on any atom is 0.0708 e. The Kier molecular flexibility index (Phi) is 5.09. The van der Waals surface area contributed by atoms with Crippen molar-refractivity contribution >= 4 is 22.2 Å². The molecule has 2 heteroatoms. The van der Waals surface area contributed by atoms with E-state index in [4.69, 9.17) is 10.4 Å². The van der Waals surface area contributed by atoms with Crippen LogP contribution in [0.15, 0.2) is 66.3 Å². The first-order valence-corrected chi connectivity index (χ1v) is 9.20. The van der Waals surface area contributed by atoms with Gasteiger partial charge in [0.15, 0.2) is 0 Å². The predicted molar refractivity (Wildman–Crippen MR) is 117 cm³/mol. The minimum atomic E-state index is 0.545. The molecule has 0 bridgehead atoms. The van der Waals surface area contributed by atoms with Crippen LogP contribution in [0, 0.1) is 19.3 Å². The summed E-state index contributed by atoms with van der Waals surface area (Å²) in [6.07, 6.45) is 0. The lowest BCUT2D eigenvalue weighted by Gasteiger charge is -2.16. The van der Waals surface area contributed by atoms with Crippen LogP contribution >= 0.6 is 0 Å². The van der Waals surface area contributed by atoms with Gasteiger partial charge in [-0.2, -0.15) is 0 Å². The van der Waals surface area contributed by atoms with Crippen LogP contribution in [0.4, 0.5) is 0 Å². The highest BCUT2D eigenvalue weighted by Gasteiger charge is 2.14. The molecule has 2 aromatic carbocycles. The van der Waals surface area contributed by atoms with Gasteiger partial charge in [0.2, 0.25) is 0 Å². The highest BCUT2D eigenvalue weighted by Crippen LogP contribution is 2.34. The van der Waals surface area contributed by atoms with Crippen molar-refractivity contribution < 1.29 is 0 Å². The lowest BCUT2D eigenvalue weighted by Crippen LogP contribution is -2.01. The van der Waals surface area contributed by atoms with E-state index in [1.165, 1.54) is 16.7 Å². The molecule has 0 aliphatic heterocycles. The summed E-state index contributed by atoms with van der Waals surface area (Å²) in [6.45, 7) is 14.4. The summed E-state index contributed by atoms with van der Waals surface area (Å²) < 4.78 is 0. The van der Waals surface area contributed by atoms with Gasteiger partial charge in [0.05, 0.1) is 5.52 Å². The molecule has 0 amide bonds. The van der Waals surface area contributed by atoms with Crippen molar-refractivity contribution in [3.8, 4) is 11.1 Å². The second-order valence-electron chi connectivity index (χ2n) is 7.27. The number of allylic oxidation sites excluding steroid dienone is 3. The molecule has 0 atom stereocenters. The van der Waals surface area contributed by atoms with Crippen LogP contribution in [-0.2, 0) is 0 Å². The van der Waals surface area contributed by atoms with Gasteiger partial charge in [0.25, 0.3) is 0 Å². The normalized spacial score (nSPS) is 10.7. The number of aromatic nitrogens is 1. The van der Waals surface area contributed by atoms with Crippen LogP contribution in [-0.4, -0.2) is 10.7 Å². The van der Waals surface area contributed by atoms with Crippen LogP contribution in [0.2, 0.25) is 0 Å². The fourth-order valence-corrected chi connectivity index (χ4v) is 3.84. The molecule has 27 heavy (non-hydrogen) atoms. The Hall–Kier alpha value is -3.00. The van der Waals surface area contributed by atoms with Gasteiger partial charge in [-0.1, -0.05) is 48.6 Å². The van der Waals surface area contributed by atoms with Gasteiger partial charge in [0, 0.05) is 27.9 Å². The number of hydrogen-bond donors (Lipinski definition) is 1. The van der Waals surface area contributed by atoms with Crippen molar-refractivity contribution in [1.82, 2.24) is 4.98 Å². The average molecular weight is 354 g/mol.